The van der Waals surface area contributed by atoms with Crippen LogP contribution in [0.15, 0.2) is 29.6 Å². The summed E-state index contributed by atoms with van der Waals surface area (Å²) in [7, 11) is 1.80. The molecule has 1 amide bonds. The molecule has 0 atom stereocenters. The standard InChI is InChI=1S/C21H25ClN2O3S/c1-14-6-8-18(9-7-14)24(2)19(25)12-27-20(26)11-17-13-28-21(23-17)15-4-3-5-16(22)10-15/h3-5,10,13-14,18H,6-9,11-12H2,1-2H3. The molecule has 0 unspecified atom stereocenters. The van der Waals surface area contributed by atoms with Crippen LogP contribution in [-0.2, 0) is 20.7 Å². The zero-order chi connectivity index (χ0) is 20.1. The van der Waals surface area contributed by atoms with Crippen LogP contribution in [0.1, 0.15) is 38.3 Å². The summed E-state index contributed by atoms with van der Waals surface area (Å²) in [5.41, 5.74) is 1.54. The first-order chi connectivity index (χ1) is 13.4. The fourth-order valence-corrected chi connectivity index (χ4v) is 4.43. The van der Waals surface area contributed by atoms with Gasteiger partial charge < -0.3 is 9.64 Å². The first-order valence-electron chi connectivity index (χ1n) is 9.54. The molecule has 0 aliphatic heterocycles. The SMILES string of the molecule is CC1CCC(N(C)C(=O)COC(=O)Cc2csc(-c3cccc(Cl)c3)n2)CC1. The van der Waals surface area contributed by atoms with Crippen molar-refractivity contribution in [1.82, 2.24) is 9.88 Å². The Labute approximate surface area is 174 Å². The minimum absolute atomic E-state index is 0.0506. The molecular formula is C21H25ClN2O3S. The Morgan fingerprint density at radius 3 is 2.75 bits per heavy atom. The van der Waals surface area contributed by atoms with Crippen molar-refractivity contribution in [3.63, 3.8) is 0 Å². The van der Waals surface area contributed by atoms with Crippen LogP contribution in [0.2, 0.25) is 5.02 Å². The van der Waals surface area contributed by atoms with Crippen LogP contribution < -0.4 is 0 Å². The number of rotatable bonds is 6. The molecule has 1 aliphatic carbocycles. The Balaban J connectivity index is 1.47. The highest BCUT2D eigenvalue weighted by Crippen LogP contribution is 2.27. The van der Waals surface area contributed by atoms with Crippen LogP contribution in [0.25, 0.3) is 10.6 Å². The molecule has 7 heteroatoms. The zero-order valence-electron chi connectivity index (χ0n) is 16.2. The van der Waals surface area contributed by atoms with Crippen molar-refractivity contribution in [3.8, 4) is 10.6 Å². The van der Waals surface area contributed by atoms with E-state index in [4.69, 9.17) is 16.3 Å². The first kappa shape index (κ1) is 20.8. The molecule has 28 heavy (non-hydrogen) atoms. The highest BCUT2D eigenvalue weighted by molar-refractivity contribution is 7.13. The van der Waals surface area contributed by atoms with Gasteiger partial charge in [0.1, 0.15) is 5.01 Å². The summed E-state index contributed by atoms with van der Waals surface area (Å²) in [4.78, 5) is 30.6. The number of nitrogens with zero attached hydrogens (tertiary/aromatic N) is 2. The molecule has 0 bridgehead atoms. The third-order valence-electron chi connectivity index (χ3n) is 5.23. The van der Waals surface area contributed by atoms with Gasteiger partial charge >= 0.3 is 5.97 Å². The zero-order valence-corrected chi connectivity index (χ0v) is 17.8. The minimum atomic E-state index is -0.443. The third kappa shape index (κ3) is 5.55. The molecule has 1 aromatic heterocycles. The van der Waals surface area contributed by atoms with Gasteiger partial charge in [-0.25, -0.2) is 4.98 Å². The van der Waals surface area contributed by atoms with Crippen LogP contribution in [-0.4, -0.2) is 41.5 Å². The number of hydrogen-bond donors (Lipinski definition) is 0. The lowest BCUT2D eigenvalue weighted by Gasteiger charge is -2.33. The summed E-state index contributed by atoms with van der Waals surface area (Å²) in [5.74, 6) is 0.139. The fraction of sp³-hybridized carbons (Fsp3) is 0.476. The van der Waals surface area contributed by atoms with Gasteiger partial charge in [0, 0.05) is 29.1 Å². The average Bonchev–Trinajstić information content (AvgIpc) is 3.14. The van der Waals surface area contributed by atoms with Crippen LogP contribution in [0.5, 0.6) is 0 Å². The number of benzene rings is 1. The molecule has 150 valence electrons. The van der Waals surface area contributed by atoms with Gasteiger partial charge in [0.25, 0.3) is 5.91 Å². The smallest absolute Gasteiger partial charge is 0.312 e. The predicted molar refractivity (Wildman–Crippen MR) is 111 cm³/mol. The molecule has 1 heterocycles. The molecule has 0 saturated heterocycles. The number of esters is 1. The molecule has 1 aromatic carbocycles. The summed E-state index contributed by atoms with van der Waals surface area (Å²) in [6.45, 7) is 2.03. The van der Waals surface area contributed by atoms with Gasteiger partial charge in [-0.3, -0.25) is 9.59 Å². The van der Waals surface area contributed by atoms with Crippen molar-refractivity contribution >= 4 is 34.8 Å². The Morgan fingerprint density at radius 1 is 1.29 bits per heavy atom. The maximum Gasteiger partial charge on any atom is 0.312 e. The van der Waals surface area contributed by atoms with E-state index >= 15 is 0 Å². The highest BCUT2D eigenvalue weighted by Gasteiger charge is 2.25. The molecule has 3 rings (SSSR count). The van der Waals surface area contributed by atoms with Crippen LogP contribution in [0.4, 0.5) is 0 Å². The third-order valence-corrected chi connectivity index (χ3v) is 6.41. The van der Waals surface area contributed by atoms with Crippen molar-refractivity contribution in [2.24, 2.45) is 5.92 Å². The van der Waals surface area contributed by atoms with Gasteiger partial charge in [0.15, 0.2) is 6.61 Å². The lowest BCUT2D eigenvalue weighted by Crippen LogP contribution is -2.41. The number of carbonyl (C=O) groups is 2. The second-order valence-electron chi connectivity index (χ2n) is 7.41. The van der Waals surface area contributed by atoms with E-state index in [0.29, 0.717) is 10.7 Å². The first-order valence-corrected chi connectivity index (χ1v) is 10.8. The van der Waals surface area contributed by atoms with E-state index in [1.165, 1.54) is 11.3 Å². The van der Waals surface area contributed by atoms with Crippen molar-refractivity contribution in [3.05, 3.63) is 40.4 Å². The van der Waals surface area contributed by atoms with Crippen LogP contribution >= 0.6 is 22.9 Å². The lowest BCUT2D eigenvalue weighted by molar-refractivity contribution is -0.152. The number of amides is 1. The second kappa shape index (κ2) is 9.52. The monoisotopic (exact) mass is 420 g/mol. The van der Waals surface area contributed by atoms with E-state index in [1.54, 1.807) is 18.0 Å². The maximum atomic E-state index is 12.3. The van der Waals surface area contributed by atoms with Gasteiger partial charge in [0.2, 0.25) is 0 Å². The number of thiazole rings is 1. The average molecular weight is 421 g/mol. The van der Waals surface area contributed by atoms with Gasteiger partial charge in [-0.15, -0.1) is 11.3 Å². The summed E-state index contributed by atoms with van der Waals surface area (Å²) >= 11 is 7.46. The Hall–Kier alpha value is -1.92. The summed E-state index contributed by atoms with van der Waals surface area (Å²) in [6.07, 6.45) is 4.36. The quantitative estimate of drug-likeness (QED) is 0.641. The lowest BCUT2D eigenvalue weighted by atomic mass is 9.87. The highest BCUT2D eigenvalue weighted by atomic mass is 35.5. The van der Waals surface area contributed by atoms with Crippen molar-refractivity contribution < 1.29 is 14.3 Å². The molecular weight excluding hydrogens is 396 g/mol. The number of likely N-dealkylation sites (N-methyl/N-ethyl adjacent to an activating group) is 1. The number of ether oxygens (including phenoxy) is 1. The molecule has 1 saturated carbocycles. The van der Waals surface area contributed by atoms with Crippen LogP contribution in [0.3, 0.4) is 0 Å². The molecule has 2 aromatic rings. The van der Waals surface area contributed by atoms with Gasteiger partial charge in [-0.1, -0.05) is 30.7 Å². The van der Waals surface area contributed by atoms with Crippen molar-refractivity contribution in [1.29, 1.82) is 0 Å². The topological polar surface area (TPSA) is 59.5 Å². The number of hydrogen-bond acceptors (Lipinski definition) is 5. The minimum Gasteiger partial charge on any atom is -0.455 e. The number of aromatic nitrogens is 1. The Morgan fingerprint density at radius 2 is 2.04 bits per heavy atom. The molecule has 5 nitrogen and oxygen atoms in total. The van der Waals surface area contributed by atoms with Gasteiger partial charge in [-0.2, -0.15) is 0 Å². The van der Waals surface area contributed by atoms with E-state index < -0.39 is 5.97 Å². The van der Waals surface area contributed by atoms with E-state index in [1.807, 2.05) is 23.6 Å². The number of halogens is 1. The second-order valence-corrected chi connectivity index (χ2v) is 8.70. The van der Waals surface area contributed by atoms with E-state index in [0.717, 1.165) is 42.2 Å². The normalized spacial score (nSPS) is 19.2. The molecule has 0 N–H and O–H groups in total. The summed E-state index contributed by atoms with van der Waals surface area (Å²) < 4.78 is 5.19. The Bertz CT molecular complexity index is 831. The fourth-order valence-electron chi connectivity index (χ4n) is 3.42. The van der Waals surface area contributed by atoms with E-state index in [2.05, 4.69) is 11.9 Å². The molecule has 1 fully saturated rings. The van der Waals surface area contributed by atoms with Crippen molar-refractivity contribution in [2.75, 3.05) is 13.7 Å². The van der Waals surface area contributed by atoms with Gasteiger partial charge in [0.05, 0.1) is 12.1 Å². The summed E-state index contributed by atoms with van der Waals surface area (Å²) in [6, 6.07) is 7.68. The molecule has 1 aliphatic rings. The maximum absolute atomic E-state index is 12.3. The van der Waals surface area contributed by atoms with Crippen LogP contribution in [0, 0.1) is 5.92 Å². The van der Waals surface area contributed by atoms with E-state index in [9.17, 15) is 9.59 Å². The van der Waals surface area contributed by atoms with E-state index in [-0.39, 0.29) is 25.0 Å². The van der Waals surface area contributed by atoms with Crippen molar-refractivity contribution in [2.45, 2.75) is 45.1 Å². The molecule has 0 spiro atoms. The predicted octanol–water partition coefficient (Wildman–Crippen LogP) is 4.59. The summed E-state index contributed by atoms with van der Waals surface area (Å²) in [5, 5.41) is 3.27. The molecule has 0 radical (unpaired) electrons. The largest absolute Gasteiger partial charge is 0.455 e. The van der Waals surface area contributed by atoms with Gasteiger partial charge in [-0.05, 0) is 43.7 Å². The number of carbonyl (C=O) groups excluding carboxylic acids is 2. The Kier molecular flexibility index (Phi) is 7.08.